The fraction of sp³-hybridized carbons (Fsp3) is 0.227. The van der Waals surface area contributed by atoms with Gasteiger partial charge in [0.2, 0.25) is 5.95 Å². The monoisotopic (exact) mass is 360 g/mol. The molecule has 0 bridgehead atoms. The van der Waals surface area contributed by atoms with Crippen molar-refractivity contribution in [2.24, 2.45) is 0 Å². The number of hydrogen-bond donors (Lipinski definition) is 1. The lowest BCUT2D eigenvalue weighted by atomic mass is 10.1. The van der Waals surface area contributed by atoms with Crippen LogP contribution in [0, 0.1) is 6.92 Å². The molecule has 1 heterocycles. The van der Waals surface area contributed by atoms with Crippen molar-refractivity contribution in [3.8, 4) is 0 Å². The lowest BCUT2D eigenvalue weighted by Gasteiger charge is -2.21. The number of hydrogen-bond acceptors (Lipinski definition) is 4. The van der Waals surface area contributed by atoms with Crippen LogP contribution in [0.5, 0.6) is 0 Å². The van der Waals surface area contributed by atoms with E-state index in [4.69, 9.17) is 0 Å². The molecule has 0 spiro atoms. The molecule has 1 amide bonds. The summed E-state index contributed by atoms with van der Waals surface area (Å²) in [6, 6.07) is 18.1. The van der Waals surface area contributed by atoms with E-state index in [-0.39, 0.29) is 11.9 Å². The third-order valence-electron chi connectivity index (χ3n) is 4.42. The van der Waals surface area contributed by atoms with Gasteiger partial charge in [0.15, 0.2) is 0 Å². The number of benzene rings is 2. The number of aromatic nitrogens is 2. The van der Waals surface area contributed by atoms with Crippen molar-refractivity contribution >= 4 is 17.5 Å². The van der Waals surface area contributed by atoms with E-state index in [0.717, 1.165) is 16.8 Å². The maximum absolute atomic E-state index is 12.9. The normalized spacial score (nSPS) is 11.7. The second-order valence-electron chi connectivity index (χ2n) is 6.46. The molecule has 1 aromatic heterocycles. The topological polar surface area (TPSA) is 58.1 Å². The van der Waals surface area contributed by atoms with Gasteiger partial charge < -0.3 is 10.2 Å². The molecular formula is C22H24N4O. The van der Waals surface area contributed by atoms with Gasteiger partial charge in [-0.1, -0.05) is 42.5 Å². The minimum Gasteiger partial charge on any atom is -0.348 e. The van der Waals surface area contributed by atoms with Crippen molar-refractivity contribution in [1.29, 1.82) is 0 Å². The van der Waals surface area contributed by atoms with E-state index >= 15 is 0 Å². The zero-order chi connectivity index (χ0) is 19.2. The molecule has 0 aliphatic rings. The van der Waals surface area contributed by atoms with Crippen molar-refractivity contribution in [2.75, 3.05) is 16.8 Å². The molecule has 138 valence electrons. The lowest BCUT2D eigenvalue weighted by molar-refractivity contribution is 0.0987. The zero-order valence-corrected chi connectivity index (χ0v) is 15.9. The second kappa shape index (κ2) is 8.45. The molecule has 1 unspecified atom stereocenters. The quantitative estimate of drug-likeness (QED) is 0.696. The molecule has 2 aromatic carbocycles. The molecule has 3 aromatic rings. The summed E-state index contributed by atoms with van der Waals surface area (Å²) < 4.78 is 0. The van der Waals surface area contributed by atoms with Gasteiger partial charge in [0, 0.05) is 24.6 Å². The van der Waals surface area contributed by atoms with Crippen LogP contribution in [0.4, 0.5) is 11.6 Å². The van der Waals surface area contributed by atoms with Gasteiger partial charge in [-0.15, -0.1) is 0 Å². The molecule has 0 aliphatic heterocycles. The number of aryl methyl sites for hydroxylation is 1. The molecule has 3 rings (SSSR count). The SMILES string of the molecule is CCN(C(=O)c1cnc(NC(C)c2ccccc2)nc1)c1cccc(C)c1. The number of amides is 1. The van der Waals surface area contributed by atoms with Crippen LogP contribution in [-0.2, 0) is 0 Å². The summed E-state index contributed by atoms with van der Waals surface area (Å²) in [7, 11) is 0. The highest BCUT2D eigenvalue weighted by Crippen LogP contribution is 2.19. The molecule has 5 nitrogen and oxygen atoms in total. The number of anilines is 2. The first-order valence-corrected chi connectivity index (χ1v) is 9.10. The standard InChI is InChI=1S/C22H24N4O/c1-4-26(20-12-8-9-16(2)13-20)21(27)19-14-23-22(24-15-19)25-17(3)18-10-6-5-7-11-18/h5-15,17H,4H2,1-3H3,(H,23,24,25). The Kier molecular flexibility index (Phi) is 5.81. The van der Waals surface area contributed by atoms with Gasteiger partial charge in [-0.3, -0.25) is 4.79 Å². The van der Waals surface area contributed by atoms with Crippen LogP contribution in [0.3, 0.4) is 0 Å². The number of nitrogens with one attached hydrogen (secondary N) is 1. The van der Waals surface area contributed by atoms with Gasteiger partial charge in [-0.05, 0) is 44.0 Å². The van der Waals surface area contributed by atoms with E-state index in [1.54, 1.807) is 17.3 Å². The zero-order valence-electron chi connectivity index (χ0n) is 15.9. The molecule has 1 atom stereocenters. The van der Waals surface area contributed by atoms with E-state index in [1.165, 1.54) is 0 Å². The highest BCUT2D eigenvalue weighted by atomic mass is 16.2. The van der Waals surface area contributed by atoms with Crippen LogP contribution >= 0.6 is 0 Å². The van der Waals surface area contributed by atoms with Crippen molar-refractivity contribution in [2.45, 2.75) is 26.8 Å². The van der Waals surface area contributed by atoms with Crippen LogP contribution in [0.15, 0.2) is 67.0 Å². The summed E-state index contributed by atoms with van der Waals surface area (Å²) in [6.45, 7) is 6.60. The maximum atomic E-state index is 12.9. The Hall–Kier alpha value is -3.21. The summed E-state index contributed by atoms with van der Waals surface area (Å²) >= 11 is 0. The smallest absolute Gasteiger partial charge is 0.261 e. The molecule has 0 saturated heterocycles. The minimum atomic E-state index is -0.106. The first-order valence-electron chi connectivity index (χ1n) is 9.10. The molecule has 0 aliphatic carbocycles. The predicted molar refractivity (Wildman–Crippen MR) is 109 cm³/mol. The van der Waals surface area contributed by atoms with Crippen LogP contribution < -0.4 is 10.2 Å². The van der Waals surface area contributed by atoms with E-state index in [2.05, 4.69) is 27.4 Å². The summed E-state index contributed by atoms with van der Waals surface area (Å²) in [5.41, 5.74) is 3.61. The molecular weight excluding hydrogens is 336 g/mol. The predicted octanol–water partition coefficient (Wildman–Crippen LogP) is 4.62. The average molecular weight is 360 g/mol. The summed E-state index contributed by atoms with van der Waals surface area (Å²) in [6.07, 6.45) is 3.15. The fourth-order valence-electron chi connectivity index (χ4n) is 2.93. The molecule has 0 fully saturated rings. The van der Waals surface area contributed by atoms with Gasteiger partial charge >= 0.3 is 0 Å². The van der Waals surface area contributed by atoms with E-state index < -0.39 is 0 Å². The number of carbonyl (C=O) groups is 1. The van der Waals surface area contributed by atoms with Crippen molar-refractivity contribution in [3.05, 3.63) is 83.7 Å². The Balaban J connectivity index is 1.73. The third-order valence-corrected chi connectivity index (χ3v) is 4.42. The molecule has 0 saturated carbocycles. The Labute approximate surface area is 160 Å². The first kappa shape index (κ1) is 18.6. The second-order valence-corrected chi connectivity index (χ2v) is 6.46. The summed E-state index contributed by atoms with van der Waals surface area (Å²) in [4.78, 5) is 23.2. The number of rotatable bonds is 6. The largest absolute Gasteiger partial charge is 0.348 e. The number of nitrogens with zero attached hydrogens (tertiary/aromatic N) is 3. The molecule has 1 N–H and O–H groups in total. The minimum absolute atomic E-state index is 0.0761. The first-order chi connectivity index (χ1) is 13.1. The van der Waals surface area contributed by atoms with Gasteiger partial charge in [0.25, 0.3) is 5.91 Å². The highest BCUT2D eigenvalue weighted by molar-refractivity contribution is 6.05. The highest BCUT2D eigenvalue weighted by Gasteiger charge is 2.17. The van der Waals surface area contributed by atoms with Crippen molar-refractivity contribution in [1.82, 2.24) is 9.97 Å². The molecule has 0 radical (unpaired) electrons. The van der Waals surface area contributed by atoms with Crippen LogP contribution in [0.1, 0.15) is 41.4 Å². The Morgan fingerprint density at radius 2 is 1.78 bits per heavy atom. The van der Waals surface area contributed by atoms with Gasteiger partial charge in [0.1, 0.15) is 0 Å². The average Bonchev–Trinajstić information content (AvgIpc) is 2.70. The Bertz CT molecular complexity index is 894. The maximum Gasteiger partial charge on any atom is 0.261 e. The van der Waals surface area contributed by atoms with Crippen molar-refractivity contribution in [3.63, 3.8) is 0 Å². The summed E-state index contributed by atoms with van der Waals surface area (Å²) in [5, 5.41) is 3.26. The van der Waals surface area contributed by atoms with Crippen LogP contribution in [0.25, 0.3) is 0 Å². The Morgan fingerprint density at radius 1 is 1.07 bits per heavy atom. The number of carbonyl (C=O) groups excluding carboxylic acids is 1. The fourth-order valence-corrected chi connectivity index (χ4v) is 2.93. The van der Waals surface area contributed by atoms with E-state index in [1.807, 2.05) is 63.2 Å². The van der Waals surface area contributed by atoms with Crippen molar-refractivity contribution < 1.29 is 4.79 Å². The Morgan fingerprint density at radius 3 is 2.41 bits per heavy atom. The van der Waals surface area contributed by atoms with E-state index in [0.29, 0.717) is 18.1 Å². The molecule has 5 heteroatoms. The van der Waals surface area contributed by atoms with Gasteiger partial charge in [-0.2, -0.15) is 0 Å². The molecule has 27 heavy (non-hydrogen) atoms. The van der Waals surface area contributed by atoms with Crippen LogP contribution in [0.2, 0.25) is 0 Å². The van der Waals surface area contributed by atoms with Gasteiger partial charge in [-0.25, -0.2) is 9.97 Å². The van der Waals surface area contributed by atoms with Gasteiger partial charge in [0.05, 0.1) is 11.6 Å². The van der Waals surface area contributed by atoms with Crippen LogP contribution in [-0.4, -0.2) is 22.4 Å². The lowest BCUT2D eigenvalue weighted by Crippen LogP contribution is -2.30. The van der Waals surface area contributed by atoms with E-state index in [9.17, 15) is 4.79 Å². The third kappa shape index (κ3) is 4.50. The summed E-state index contributed by atoms with van der Waals surface area (Å²) in [5.74, 6) is 0.396.